The Morgan fingerprint density at radius 3 is 2.52 bits per heavy atom. The lowest BCUT2D eigenvalue weighted by molar-refractivity contribution is 1.03. The number of para-hydroxylation sites is 3. The van der Waals surface area contributed by atoms with Gasteiger partial charge in [-0.1, -0.05) is 49.1 Å². The minimum Gasteiger partial charge on any atom is -0.282 e. The average molecular weight is 299 g/mol. The first-order valence-corrected chi connectivity index (χ1v) is 7.64. The van der Waals surface area contributed by atoms with Gasteiger partial charge < -0.3 is 0 Å². The third-order valence-corrected chi connectivity index (χ3v) is 4.09. The number of hydrogen-bond acceptors (Lipinski definition) is 1. The Morgan fingerprint density at radius 2 is 1.74 bits per heavy atom. The first-order chi connectivity index (χ1) is 11.3. The van der Waals surface area contributed by atoms with Crippen LogP contribution in [0.15, 0.2) is 73.3 Å². The van der Waals surface area contributed by atoms with Crippen molar-refractivity contribution in [2.75, 3.05) is 0 Å². The van der Waals surface area contributed by atoms with Gasteiger partial charge in [0.15, 0.2) is 0 Å². The van der Waals surface area contributed by atoms with Gasteiger partial charge >= 0.3 is 0 Å². The lowest BCUT2D eigenvalue weighted by atomic mass is 10.2. The number of rotatable bonds is 3. The summed E-state index contributed by atoms with van der Waals surface area (Å²) < 4.78 is 4.40. The van der Waals surface area contributed by atoms with E-state index in [9.17, 15) is 0 Å². The summed E-state index contributed by atoms with van der Waals surface area (Å²) in [4.78, 5) is 4.85. The molecule has 0 saturated heterocycles. The standard InChI is InChI=1S/C20H17N3/c1-3-4-13-18-15(2)22(16-10-6-5-7-11-16)20-21-17-12-8-9-14-19(17)23(18)20/h3-14H,1H2,2H3/b13-4-. The first kappa shape index (κ1) is 13.6. The molecule has 0 aliphatic rings. The van der Waals surface area contributed by atoms with Crippen LogP contribution in [0, 0.1) is 6.92 Å². The van der Waals surface area contributed by atoms with E-state index in [1.165, 1.54) is 0 Å². The van der Waals surface area contributed by atoms with Crippen molar-refractivity contribution in [3.63, 3.8) is 0 Å². The second-order valence-corrected chi connectivity index (χ2v) is 5.47. The monoisotopic (exact) mass is 299 g/mol. The molecule has 0 unspecified atom stereocenters. The molecule has 0 aliphatic heterocycles. The van der Waals surface area contributed by atoms with Crippen LogP contribution < -0.4 is 0 Å². The van der Waals surface area contributed by atoms with Crippen LogP contribution in [0.1, 0.15) is 11.4 Å². The zero-order valence-electron chi connectivity index (χ0n) is 13.0. The van der Waals surface area contributed by atoms with E-state index in [0.717, 1.165) is 33.9 Å². The molecule has 0 aliphatic carbocycles. The zero-order valence-corrected chi connectivity index (χ0v) is 13.0. The Bertz CT molecular complexity index is 1030. The molecule has 0 N–H and O–H groups in total. The van der Waals surface area contributed by atoms with Gasteiger partial charge in [0.05, 0.1) is 16.7 Å². The smallest absolute Gasteiger partial charge is 0.220 e. The van der Waals surface area contributed by atoms with Crippen molar-refractivity contribution in [2.45, 2.75) is 6.92 Å². The molecule has 0 bridgehead atoms. The summed E-state index contributed by atoms with van der Waals surface area (Å²) in [5.41, 5.74) is 5.51. The molecule has 2 aromatic carbocycles. The van der Waals surface area contributed by atoms with Gasteiger partial charge in [-0.15, -0.1) is 0 Å². The van der Waals surface area contributed by atoms with Crippen LogP contribution in [-0.2, 0) is 0 Å². The maximum Gasteiger partial charge on any atom is 0.220 e. The Balaban J connectivity index is 2.16. The number of fused-ring (bicyclic) bond motifs is 3. The minimum absolute atomic E-state index is 0.929. The van der Waals surface area contributed by atoms with E-state index in [4.69, 9.17) is 4.98 Å². The predicted octanol–water partition coefficient (Wildman–Crippen LogP) is 4.79. The van der Waals surface area contributed by atoms with Crippen LogP contribution in [0.25, 0.3) is 28.6 Å². The predicted molar refractivity (Wildman–Crippen MR) is 96.0 cm³/mol. The number of benzene rings is 2. The molecule has 0 atom stereocenters. The fourth-order valence-electron chi connectivity index (χ4n) is 3.07. The van der Waals surface area contributed by atoms with E-state index >= 15 is 0 Å². The number of allylic oxidation sites excluding steroid dienone is 2. The molecule has 23 heavy (non-hydrogen) atoms. The zero-order chi connectivity index (χ0) is 15.8. The molecular formula is C20H17N3. The van der Waals surface area contributed by atoms with Crippen molar-refractivity contribution < 1.29 is 0 Å². The van der Waals surface area contributed by atoms with Crippen molar-refractivity contribution in [1.29, 1.82) is 0 Å². The Kier molecular flexibility index (Phi) is 3.12. The van der Waals surface area contributed by atoms with Gasteiger partial charge in [-0.25, -0.2) is 4.98 Å². The Morgan fingerprint density at radius 1 is 1.00 bits per heavy atom. The van der Waals surface area contributed by atoms with Crippen LogP contribution in [0.5, 0.6) is 0 Å². The van der Waals surface area contributed by atoms with Crippen LogP contribution in [0.2, 0.25) is 0 Å². The number of aromatic nitrogens is 3. The first-order valence-electron chi connectivity index (χ1n) is 7.64. The van der Waals surface area contributed by atoms with E-state index in [2.05, 4.69) is 46.7 Å². The molecule has 2 heterocycles. The van der Waals surface area contributed by atoms with Gasteiger partial charge in [0.1, 0.15) is 0 Å². The molecule has 4 aromatic rings. The summed E-state index contributed by atoms with van der Waals surface area (Å²) in [5, 5.41) is 0. The fourth-order valence-corrected chi connectivity index (χ4v) is 3.07. The highest BCUT2D eigenvalue weighted by Crippen LogP contribution is 2.27. The lowest BCUT2D eigenvalue weighted by Gasteiger charge is -2.05. The molecule has 0 fully saturated rings. The van der Waals surface area contributed by atoms with Crippen molar-refractivity contribution in [1.82, 2.24) is 14.0 Å². The molecule has 3 heteroatoms. The molecule has 4 rings (SSSR count). The second-order valence-electron chi connectivity index (χ2n) is 5.47. The van der Waals surface area contributed by atoms with Crippen LogP contribution >= 0.6 is 0 Å². The molecule has 112 valence electrons. The van der Waals surface area contributed by atoms with E-state index in [0.29, 0.717) is 0 Å². The van der Waals surface area contributed by atoms with E-state index in [-0.39, 0.29) is 0 Å². The van der Waals surface area contributed by atoms with Gasteiger partial charge in [0, 0.05) is 11.4 Å². The quantitative estimate of drug-likeness (QED) is 0.499. The maximum atomic E-state index is 4.85. The highest BCUT2D eigenvalue weighted by Gasteiger charge is 2.17. The second kappa shape index (κ2) is 5.29. The van der Waals surface area contributed by atoms with Gasteiger partial charge in [0.25, 0.3) is 0 Å². The molecule has 0 saturated carbocycles. The van der Waals surface area contributed by atoms with Gasteiger partial charge in [0.2, 0.25) is 5.78 Å². The highest BCUT2D eigenvalue weighted by atomic mass is 15.2. The summed E-state index contributed by atoms with van der Waals surface area (Å²) in [6.07, 6.45) is 5.85. The van der Waals surface area contributed by atoms with E-state index in [1.54, 1.807) is 6.08 Å². The van der Waals surface area contributed by atoms with E-state index < -0.39 is 0 Å². The van der Waals surface area contributed by atoms with Gasteiger partial charge in [-0.2, -0.15) is 0 Å². The summed E-state index contributed by atoms with van der Waals surface area (Å²) >= 11 is 0. The summed E-state index contributed by atoms with van der Waals surface area (Å²) in [6, 6.07) is 18.6. The minimum atomic E-state index is 0.929. The summed E-state index contributed by atoms with van der Waals surface area (Å²) in [6.45, 7) is 5.91. The summed E-state index contributed by atoms with van der Waals surface area (Å²) in [5.74, 6) is 0.929. The molecule has 0 radical (unpaired) electrons. The summed E-state index contributed by atoms with van der Waals surface area (Å²) in [7, 11) is 0. The number of hydrogen-bond donors (Lipinski definition) is 0. The Labute approximate surface area is 134 Å². The van der Waals surface area contributed by atoms with Gasteiger partial charge in [-0.3, -0.25) is 8.97 Å². The molecule has 0 spiro atoms. The molecular weight excluding hydrogens is 282 g/mol. The largest absolute Gasteiger partial charge is 0.282 e. The number of imidazole rings is 2. The normalized spacial score (nSPS) is 11.7. The highest BCUT2D eigenvalue weighted by molar-refractivity contribution is 5.82. The molecule has 0 amide bonds. The average Bonchev–Trinajstić information content (AvgIpc) is 3.07. The van der Waals surface area contributed by atoms with Crippen LogP contribution in [0.3, 0.4) is 0 Å². The topological polar surface area (TPSA) is 22.2 Å². The van der Waals surface area contributed by atoms with Crippen molar-refractivity contribution in [3.05, 3.63) is 84.7 Å². The maximum absolute atomic E-state index is 4.85. The van der Waals surface area contributed by atoms with Crippen LogP contribution in [-0.4, -0.2) is 14.0 Å². The SMILES string of the molecule is C=C/C=C\c1c(C)n(-c2ccccc2)c2nc3ccccc3n12. The van der Waals surface area contributed by atoms with Crippen molar-refractivity contribution in [2.24, 2.45) is 0 Å². The van der Waals surface area contributed by atoms with Gasteiger partial charge in [-0.05, 0) is 37.3 Å². The van der Waals surface area contributed by atoms with Crippen molar-refractivity contribution >= 4 is 22.9 Å². The lowest BCUT2D eigenvalue weighted by Crippen LogP contribution is -1.97. The Hall–Kier alpha value is -3.07. The number of nitrogens with zero attached hydrogens (tertiary/aromatic N) is 3. The van der Waals surface area contributed by atoms with E-state index in [1.807, 2.05) is 42.5 Å². The van der Waals surface area contributed by atoms with Crippen molar-refractivity contribution in [3.8, 4) is 5.69 Å². The molecule has 2 aromatic heterocycles. The third-order valence-electron chi connectivity index (χ3n) is 4.09. The molecule has 3 nitrogen and oxygen atoms in total. The third kappa shape index (κ3) is 2.01. The van der Waals surface area contributed by atoms with Crippen LogP contribution in [0.4, 0.5) is 0 Å². The fraction of sp³-hybridized carbons (Fsp3) is 0.0500.